The van der Waals surface area contributed by atoms with Gasteiger partial charge in [0.25, 0.3) is 11.5 Å². The van der Waals surface area contributed by atoms with Gasteiger partial charge >= 0.3 is 0 Å². The summed E-state index contributed by atoms with van der Waals surface area (Å²) < 4.78 is 1.98. The molecule has 188 valence electrons. The zero-order valence-electron chi connectivity index (χ0n) is 22.2. The molecule has 0 saturated carbocycles. The molecule has 0 fully saturated rings. The third-order valence-corrected chi connectivity index (χ3v) is 6.40. The number of pyridine rings is 1. The van der Waals surface area contributed by atoms with Gasteiger partial charge in [0, 0.05) is 35.8 Å². The van der Waals surface area contributed by atoms with E-state index in [2.05, 4.69) is 59.4 Å². The molecule has 0 unspecified atom stereocenters. The molecule has 0 aliphatic heterocycles. The second kappa shape index (κ2) is 10.1. The average molecular weight is 486 g/mol. The Balaban J connectivity index is 1.80. The summed E-state index contributed by atoms with van der Waals surface area (Å²) in [7, 11) is 4.10. The molecule has 2 N–H and O–H groups in total. The lowest BCUT2D eigenvalue weighted by Crippen LogP contribution is -2.28. The predicted molar refractivity (Wildman–Crippen MR) is 145 cm³/mol. The molecule has 4 aromatic rings. The Labute approximate surface area is 212 Å². The molecule has 0 atom stereocenters. The number of H-pyrrole nitrogens is 1. The van der Waals surface area contributed by atoms with Crippen LogP contribution >= 0.6 is 0 Å². The topological polar surface area (TPSA) is 83.0 Å². The Morgan fingerprint density at radius 1 is 1.08 bits per heavy atom. The molecule has 4 rings (SSSR count). The van der Waals surface area contributed by atoms with Crippen LogP contribution in [0.25, 0.3) is 22.0 Å². The Hall–Kier alpha value is -3.71. The van der Waals surface area contributed by atoms with Crippen LogP contribution in [0.2, 0.25) is 0 Å². The minimum Gasteiger partial charge on any atom is -0.348 e. The number of aryl methyl sites for hydroxylation is 3. The molecule has 1 amide bonds. The van der Waals surface area contributed by atoms with Crippen molar-refractivity contribution in [2.24, 2.45) is 0 Å². The highest BCUT2D eigenvalue weighted by molar-refractivity contribution is 6.09. The van der Waals surface area contributed by atoms with Crippen molar-refractivity contribution in [3.63, 3.8) is 0 Å². The van der Waals surface area contributed by atoms with E-state index in [1.807, 2.05) is 51.7 Å². The summed E-state index contributed by atoms with van der Waals surface area (Å²) in [4.78, 5) is 31.0. The monoisotopic (exact) mass is 485 g/mol. The van der Waals surface area contributed by atoms with Crippen molar-refractivity contribution in [3.05, 3.63) is 86.5 Å². The second-order valence-electron chi connectivity index (χ2n) is 10.1. The molecule has 7 nitrogen and oxygen atoms in total. The van der Waals surface area contributed by atoms with Crippen LogP contribution in [0.4, 0.5) is 0 Å². The van der Waals surface area contributed by atoms with Gasteiger partial charge in [0.1, 0.15) is 0 Å². The summed E-state index contributed by atoms with van der Waals surface area (Å²) in [5.41, 5.74) is 7.54. The van der Waals surface area contributed by atoms with E-state index in [-0.39, 0.29) is 24.1 Å². The predicted octanol–water partition coefficient (Wildman–Crippen LogP) is 4.89. The lowest BCUT2D eigenvalue weighted by molar-refractivity contribution is 0.0952. The van der Waals surface area contributed by atoms with Gasteiger partial charge in [-0.25, -0.2) is 0 Å². The minimum absolute atomic E-state index is 0.140. The Morgan fingerprint density at radius 2 is 1.83 bits per heavy atom. The number of aromatic nitrogens is 3. The molecule has 2 aromatic heterocycles. The van der Waals surface area contributed by atoms with Gasteiger partial charge in [-0.2, -0.15) is 5.10 Å². The van der Waals surface area contributed by atoms with Crippen molar-refractivity contribution in [1.29, 1.82) is 0 Å². The van der Waals surface area contributed by atoms with Crippen LogP contribution in [-0.2, 0) is 13.1 Å². The van der Waals surface area contributed by atoms with E-state index in [4.69, 9.17) is 5.10 Å². The van der Waals surface area contributed by atoms with E-state index in [1.165, 1.54) is 5.56 Å². The van der Waals surface area contributed by atoms with E-state index in [9.17, 15) is 9.59 Å². The van der Waals surface area contributed by atoms with Crippen LogP contribution in [0.3, 0.4) is 0 Å². The second-order valence-corrected chi connectivity index (χ2v) is 10.1. The van der Waals surface area contributed by atoms with E-state index in [0.29, 0.717) is 11.1 Å². The average Bonchev–Trinajstić information content (AvgIpc) is 3.14. The molecule has 0 radical (unpaired) electrons. The molecule has 0 aliphatic carbocycles. The lowest BCUT2D eigenvalue weighted by atomic mass is 9.97. The fourth-order valence-electron chi connectivity index (χ4n) is 4.77. The summed E-state index contributed by atoms with van der Waals surface area (Å²) >= 11 is 0. The van der Waals surface area contributed by atoms with Gasteiger partial charge in [-0.1, -0.05) is 18.2 Å². The van der Waals surface area contributed by atoms with Crippen LogP contribution in [0.5, 0.6) is 0 Å². The third kappa shape index (κ3) is 5.11. The smallest absolute Gasteiger partial charge is 0.253 e. The van der Waals surface area contributed by atoms with E-state index in [0.717, 1.165) is 45.5 Å². The van der Waals surface area contributed by atoms with Crippen LogP contribution < -0.4 is 10.9 Å². The Morgan fingerprint density at radius 3 is 2.50 bits per heavy atom. The third-order valence-electron chi connectivity index (χ3n) is 6.40. The highest BCUT2D eigenvalue weighted by Crippen LogP contribution is 2.32. The van der Waals surface area contributed by atoms with Gasteiger partial charge in [0.05, 0.1) is 16.8 Å². The van der Waals surface area contributed by atoms with Crippen LogP contribution in [0, 0.1) is 20.8 Å². The van der Waals surface area contributed by atoms with Crippen LogP contribution in [0.15, 0.2) is 47.3 Å². The number of hydrogen-bond acceptors (Lipinski definition) is 4. The first-order valence-corrected chi connectivity index (χ1v) is 12.3. The quantitative estimate of drug-likeness (QED) is 0.390. The molecule has 2 heterocycles. The van der Waals surface area contributed by atoms with Crippen molar-refractivity contribution in [3.8, 4) is 11.1 Å². The number of benzene rings is 2. The van der Waals surface area contributed by atoms with Crippen molar-refractivity contribution >= 4 is 16.8 Å². The summed E-state index contributed by atoms with van der Waals surface area (Å²) in [6.45, 7) is 10.8. The standard InChI is InChI=1S/C29H35N5O2/c1-17(2)34-26-14-23(22-10-8-9-21(12-22)16-33(6)7)13-24(27(26)20(5)32-34)28(35)30-15-25-18(3)11-19(4)31-29(25)36/h8-14,17H,15-16H2,1-7H3,(H,30,35)(H,31,36). The van der Waals surface area contributed by atoms with E-state index < -0.39 is 0 Å². The fraction of sp³-hybridized carbons (Fsp3) is 0.345. The summed E-state index contributed by atoms with van der Waals surface area (Å²) in [5, 5.41) is 8.58. The number of amides is 1. The molecule has 7 heteroatoms. The Bertz CT molecular complexity index is 1490. The molecule has 36 heavy (non-hydrogen) atoms. The summed E-state index contributed by atoms with van der Waals surface area (Å²) in [6, 6.07) is 14.5. The van der Waals surface area contributed by atoms with Gasteiger partial charge in [-0.3, -0.25) is 14.3 Å². The normalized spacial score (nSPS) is 11.6. The molecule has 0 bridgehead atoms. The Kier molecular flexibility index (Phi) is 7.13. The van der Waals surface area contributed by atoms with Crippen molar-refractivity contribution in [2.45, 2.75) is 53.8 Å². The fourth-order valence-corrected chi connectivity index (χ4v) is 4.77. The molecule has 0 spiro atoms. The first kappa shape index (κ1) is 25.4. The van der Waals surface area contributed by atoms with Crippen molar-refractivity contribution in [1.82, 2.24) is 25.0 Å². The zero-order valence-corrected chi connectivity index (χ0v) is 22.2. The SMILES string of the molecule is Cc1cc(C)c(CNC(=O)c2cc(-c3cccc(CN(C)C)c3)cc3c2c(C)nn3C(C)C)c(=O)[nH]1. The largest absolute Gasteiger partial charge is 0.348 e. The number of carbonyl (C=O) groups is 1. The van der Waals surface area contributed by atoms with Crippen molar-refractivity contribution in [2.75, 3.05) is 14.1 Å². The molecule has 2 aromatic carbocycles. The van der Waals surface area contributed by atoms with Gasteiger partial charge in [-0.15, -0.1) is 0 Å². The number of nitrogens with one attached hydrogen (secondary N) is 2. The number of fused-ring (bicyclic) bond motifs is 1. The lowest BCUT2D eigenvalue weighted by Gasteiger charge is -2.14. The summed E-state index contributed by atoms with van der Waals surface area (Å²) in [6.07, 6.45) is 0. The first-order valence-electron chi connectivity index (χ1n) is 12.3. The molecular formula is C29H35N5O2. The zero-order chi connectivity index (χ0) is 26.1. The number of hydrogen-bond donors (Lipinski definition) is 2. The van der Waals surface area contributed by atoms with Gasteiger partial charge in [-0.05, 0) is 95.2 Å². The maximum Gasteiger partial charge on any atom is 0.253 e. The maximum atomic E-state index is 13.6. The molecule has 0 saturated heterocycles. The van der Waals surface area contributed by atoms with Crippen LogP contribution in [-0.4, -0.2) is 39.7 Å². The van der Waals surface area contributed by atoms with Gasteiger partial charge < -0.3 is 15.2 Å². The van der Waals surface area contributed by atoms with E-state index >= 15 is 0 Å². The van der Waals surface area contributed by atoms with E-state index in [1.54, 1.807) is 0 Å². The highest BCUT2D eigenvalue weighted by Gasteiger charge is 2.20. The maximum absolute atomic E-state index is 13.6. The number of carbonyl (C=O) groups excluding carboxylic acids is 1. The summed E-state index contributed by atoms with van der Waals surface area (Å²) in [5.74, 6) is -0.225. The minimum atomic E-state index is -0.225. The van der Waals surface area contributed by atoms with Gasteiger partial charge in [0.2, 0.25) is 0 Å². The van der Waals surface area contributed by atoms with Crippen molar-refractivity contribution < 1.29 is 4.79 Å². The first-order chi connectivity index (χ1) is 17.0. The van der Waals surface area contributed by atoms with Gasteiger partial charge in [0.15, 0.2) is 0 Å². The number of aromatic amines is 1. The highest BCUT2D eigenvalue weighted by atomic mass is 16.1. The number of rotatable bonds is 7. The van der Waals surface area contributed by atoms with Crippen LogP contribution in [0.1, 0.15) is 58.3 Å². The number of nitrogens with zero attached hydrogens (tertiary/aromatic N) is 3. The molecular weight excluding hydrogens is 450 g/mol. The molecule has 0 aliphatic rings.